The molecule has 1 aliphatic carbocycles. The molecule has 0 fully saturated rings. The fourth-order valence-corrected chi connectivity index (χ4v) is 6.34. The lowest BCUT2D eigenvalue weighted by Gasteiger charge is -2.11. The van der Waals surface area contributed by atoms with E-state index in [1.165, 1.54) is 28.0 Å². The van der Waals surface area contributed by atoms with E-state index in [-0.39, 0.29) is 18.3 Å². The number of anilines is 1. The zero-order valence-corrected chi connectivity index (χ0v) is 22.3. The third-order valence-corrected chi connectivity index (χ3v) is 8.45. The fourth-order valence-electron chi connectivity index (χ4n) is 4.20. The summed E-state index contributed by atoms with van der Waals surface area (Å²) in [5.41, 5.74) is 2.81. The minimum atomic E-state index is -0.173. The number of nitrogens with one attached hydrogen (secondary N) is 1. The van der Waals surface area contributed by atoms with Gasteiger partial charge in [0, 0.05) is 9.90 Å². The first kappa shape index (κ1) is 25.3. The largest absolute Gasteiger partial charge is 0.486 e. The monoisotopic (exact) mass is 549 g/mol. The Labute approximate surface area is 228 Å². The third-order valence-electron chi connectivity index (χ3n) is 6.03. The molecule has 1 N–H and O–H groups in total. The second-order valence-corrected chi connectivity index (χ2v) is 11.1. The van der Waals surface area contributed by atoms with Crippen LogP contribution in [0.2, 0.25) is 5.02 Å². The van der Waals surface area contributed by atoms with Gasteiger partial charge in [-0.25, -0.2) is 0 Å². The molecule has 0 saturated carbocycles. The van der Waals surface area contributed by atoms with Crippen LogP contribution < -0.4 is 10.1 Å². The van der Waals surface area contributed by atoms with Crippen molar-refractivity contribution in [3.8, 4) is 11.8 Å². The van der Waals surface area contributed by atoms with Gasteiger partial charge in [0.1, 0.15) is 23.4 Å². The van der Waals surface area contributed by atoms with Crippen LogP contribution in [0, 0.1) is 11.3 Å². The molecule has 5 rings (SSSR count). The predicted molar refractivity (Wildman–Crippen MR) is 146 cm³/mol. The minimum absolute atomic E-state index is 0.151. The quantitative estimate of drug-likeness (QED) is 0.253. The molecule has 0 saturated heterocycles. The van der Waals surface area contributed by atoms with E-state index in [0.29, 0.717) is 38.9 Å². The number of halogens is 1. The summed E-state index contributed by atoms with van der Waals surface area (Å²) in [4.78, 5) is 14.1. The second-order valence-electron chi connectivity index (χ2n) is 8.58. The molecule has 1 amide bonds. The Morgan fingerprint density at radius 1 is 1.14 bits per heavy atom. The highest BCUT2D eigenvalue weighted by molar-refractivity contribution is 7.99. The lowest BCUT2D eigenvalue weighted by molar-refractivity contribution is -0.113. The van der Waals surface area contributed by atoms with Crippen LogP contribution in [0.1, 0.15) is 40.2 Å². The summed E-state index contributed by atoms with van der Waals surface area (Å²) in [7, 11) is 0. The number of amides is 1. The molecule has 4 aromatic rings. The summed E-state index contributed by atoms with van der Waals surface area (Å²) >= 11 is 8.81. The summed E-state index contributed by atoms with van der Waals surface area (Å²) in [6.07, 6.45) is 4.09. The van der Waals surface area contributed by atoms with Crippen LogP contribution in [0.25, 0.3) is 0 Å². The van der Waals surface area contributed by atoms with Crippen LogP contribution in [0.5, 0.6) is 5.75 Å². The third kappa shape index (κ3) is 6.16. The number of hydrogen-bond donors (Lipinski definition) is 1. The highest BCUT2D eigenvalue weighted by Gasteiger charge is 2.22. The van der Waals surface area contributed by atoms with Crippen molar-refractivity contribution >= 4 is 45.6 Å². The van der Waals surface area contributed by atoms with Gasteiger partial charge >= 0.3 is 0 Å². The van der Waals surface area contributed by atoms with Gasteiger partial charge in [0.2, 0.25) is 5.91 Å². The van der Waals surface area contributed by atoms with Crippen LogP contribution in [0.4, 0.5) is 5.00 Å². The van der Waals surface area contributed by atoms with Crippen LogP contribution in [-0.4, -0.2) is 26.4 Å². The molecule has 2 aromatic heterocycles. The Balaban J connectivity index is 1.29. The van der Waals surface area contributed by atoms with Crippen molar-refractivity contribution < 1.29 is 9.53 Å². The number of ether oxygens (including phenoxy) is 1. The maximum Gasteiger partial charge on any atom is 0.235 e. The van der Waals surface area contributed by atoms with Gasteiger partial charge in [0.15, 0.2) is 11.0 Å². The molecule has 0 bridgehead atoms. The number of benzene rings is 2. The van der Waals surface area contributed by atoms with Gasteiger partial charge in [0.05, 0.1) is 17.9 Å². The number of carbonyl (C=O) groups is 1. The molecule has 2 aromatic carbocycles. The molecule has 0 radical (unpaired) electrons. The molecule has 37 heavy (non-hydrogen) atoms. The zero-order chi connectivity index (χ0) is 25.6. The van der Waals surface area contributed by atoms with E-state index in [1.54, 1.807) is 24.3 Å². The molecule has 2 heterocycles. The van der Waals surface area contributed by atoms with Gasteiger partial charge in [0.25, 0.3) is 0 Å². The lowest BCUT2D eigenvalue weighted by atomic mass is 9.96. The number of rotatable bonds is 9. The fraction of sp³-hybridized carbons (Fsp3) is 0.259. The van der Waals surface area contributed by atoms with Gasteiger partial charge < -0.3 is 10.1 Å². The molecule has 0 spiro atoms. The van der Waals surface area contributed by atoms with E-state index >= 15 is 0 Å². The number of thiophene rings is 1. The second kappa shape index (κ2) is 11.8. The van der Waals surface area contributed by atoms with Gasteiger partial charge in [-0.1, -0.05) is 53.7 Å². The SMILES string of the molecule is N#Cc1c(NC(=O)CSc2nnc(COc3ccc(Cl)cc3)n2Cc2ccccc2)sc2c1CCCC2. The minimum Gasteiger partial charge on any atom is -0.486 e. The summed E-state index contributed by atoms with van der Waals surface area (Å²) in [5, 5.41) is 23.2. The number of carbonyl (C=O) groups excluding carboxylic acids is 1. The van der Waals surface area contributed by atoms with E-state index in [1.807, 2.05) is 34.9 Å². The van der Waals surface area contributed by atoms with Gasteiger partial charge in [-0.2, -0.15) is 5.26 Å². The predicted octanol–water partition coefficient (Wildman–Crippen LogP) is 6.10. The summed E-state index contributed by atoms with van der Waals surface area (Å²) in [5.74, 6) is 1.31. The van der Waals surface area contributed by atoms with Crippen molar-refractivity contribution in [3.63, 3.8) is 0 Å². The highest BCUT2D eigenvalue weighted by Crippen LogP contribution is 2.37. The number of hydrogen-bond acceptors (Lipinski definition) is 7. The van der Waals surface area contributed by atoms with Crippen molar-refractivity contribution in [3.05, 3.63) is 87.0 Å². The average Bonchev–Trinajstić information content (AvgIpc) is 3.47. The zero-order valence-electron chi connectivity index (χ0n) is 19.9. The number of aryl methyl sites for hydroxylation is 1. The summed E-state index contributed by atoms with van der Waals surface area (Å²) < 4.78 is 7.87. The Morgan fingerprint density at radius 2 is 1.92 bits per heavy atom. The van der Waals surface area contributed by atoms with Crippen LogP contribution >= 0.6 is 34.7 Å². The number of nitriles is 1. The number of aromatic nitrogens is 3. The maximum absolute atomic E-state index is 12.9. The number of nitrogens with zero attached hydrogens (tertiary/aromatic N) is 4. The van der Waals surface area contributed by atoms with Crippen LogP contribution in [0.3, 0.4) is 0 Å². The molecular formula is C27H24ClN5O2S2. The smallest absolute Gasteiger partial charge is 0.235 e. The Morgan fingerprint density at radius 3 is 2.70 bits per heavy atom. The van der Waals surface area contributed by atoms with Crippen molar-refractivity contribution in [2.24, 2.45) is 0 Å². The average molecular weight is 550 g/mol. The first-order chi connectivity index (χ1) is 18.1. The van der Waals surface area contributed by atoms with Gasteiger partial charge in [-0.3, -0.25) is 9.36 Å². The first-order valence-corrected chi connectivity index (χ1v) is 14.1. The van der Waals surface area contributed by atoms with E-state index < -0.39 is 0 Å². The summed E-state index contributed by atoms with van der Waals surface area (Å²) in [6.45, 7) is 0.772. The van der Waals surface area contributed by atoms with Gasteiger partial charge in [-0.15, -0.1) is 21.5 Å². The molecule has 0 aliphatic heterocycles. The standard InChI is InChI=1S/C27H24ClN5O2S2/c28-19-10-12-20(13-11-19)35-16-24-31-32-27(33(24)15-18-6-2-1-3-7-18)36-17-25(34)30-26-22(14-29)21-8-4-5-9-23(21)37-26/h1-3,6-7,10-13H,4-5,8-9,15-17H2,(H,30,34). The molecule has 1 aliphatic rings. The Hall–Kier alpha value is -3.32. The van der Waals surface area contributed by atoms with Gasteiger partial charge in [-0.05, 0) is 61.1 Å². The molecule has 0 atom stereocenters. The molecular weight excluding hydrogens is 526 g/mol. The molecule has 188 valence electrons. The van der Waals surface area contributed by atoms with E-state index in [2.05, 4.69) is 21.6 Å². The molecule has 7 nitrogen and oxygen atoms in total. The van der Waals surface area contributed by atoms with E-state index in [4.69, 9.17) is 16.3 Å². The maximum atomic E-state index is 12.9. The summed E-state index contributed by atoms with van der Waals surface area (Å²) in [6, 6.07) is 19.5. The topological polar surface area (TPSA) is 92.8 Å². The highest BCUT2D eigenvalue weighted by atomic mass is 35.5. The number of thioether (sulfide) groups is 1. The Kier molecular flexibility index (Phi) is 8.09. The molecule has 0 unspecified atom stereocenters. The number of fused-ring (bicyclic) bond motifs is 1. The van der Waals surface area contributed by atoms with Crippen LogP contribution in [0.15, 0.2) is 59.8 Å². The van der Waals surface area contributed by atoms with Crippen molar-refractivity contribution in [1.29, 1.82) is 5.26 Å². The van der Waals surface area contributed by atoms with Crippen molar-refractivity contribution in [2.75, 3.05) is 11.1 Å². The Bertz CT molecular complexity index is 1430. The van der Waals surface area contributed by atoms with Crippen LogP contribution in [-0.2, 0) is 30.8 Å². The van der Waals surface area contributed by atoms with E-state index in [0.717, 1.165) is 36.8 Å². The lowest BCUT2D eigenvalue weighted by Crippen LogP contribution is -2.15. The molecule has 10 heteroatoms. The normalized spacial score (nSPS) is 12.5. The van der Waals surface area contributed by atoms with E-state index in [9.17, 15) is 10.1 Å². The first-order valence-electron chi connectivity index (χ1n) is 11.9. The van der Waals surface area contributed by atoms with Crippen molar-refractivity contribution in [2.45, 2.75) is 44.0 Å². The van der Waals surface area contributed by atoms with Crippen molar-refractivity contribution in [1.82, 2.24) is 14.8 Å².